The molecule has 0 saturated heterocycles. The Labute approximate surface area is 309 Å². The molecule has 52 heavy (non-hydrogen) atoms. The van der Waals surface area contributed by atoms with Crippen molar-refractivity contribution in [2.24, 2.45) is 0 Å². The Morgan fingerprint density at radius 1 is 0.365 bits per heavy atom. The minimum Gasteiger partial charge on any atom is -0.292 e. The van der Waals surface area contributed by atoms with Crippen molar-refractivity contribution in [1.29, 1.82) is 0 Å². The average Bonchev–Trinajstić information content (AvgIpc) is 3.59. The van der Waals surface area contributed by atoms with Crippen molar-refractivity contribution in [3.8, 4) is 50.5 Å². The zero-order valence-electron chi connectivity index (χ0n) is 30.3. The van der Waals surface area contributed by atoms with Crippen LogP contribution in [0.25, 0.3) is 83.0 Å². The van der Waals surface area contributed by atoms with Crippen LogP contribution >= 0.6 is 0 Å². The van der Waals surface area contributed by atoms with Gasteiger partial charge in [-0.2, -0.15) is 0 Å². The maximum Gasteiger partial charge on any atom is 0.145 e. The molecular formula is C45H35B5N2. The predicted octanol–water partition coefficient (Wildman–Crippen LogP) is 3.29. The zero-order chi connectivity index (χ0) is 35.5. The second-order valence-electron chi connectivity index (χ2n) is 14.1. The van der Waals surface area contributed by atoms with Gasteiger partial charge in [-0.1, -0.05) is 126 Å². The molecule has 0 spiro atoms. The number of para-hydroxylation sites is 3. The van der Waals surface area contributed by atoms with E-state index in [1.165, 1.54) is 82.2 Å². The first-order chi connectivity index (χ1) is 25.4. The third-order valence-corrected chi connectivity index (χ3v) is 11.4. The van der Waals surface area contributed by atoms with Gasteiger partial charge in [-0.25, -0.2) is 4.98 Å². The highest BCUT2D eigenvalue weighted by Crippen LogP contribution is 2.44. The summed E-state index contributed by atoms with van der Waals surface area (Å²) in [6, 6.07) is 54.8. The van der Waals surface area contributed by atoms with E-state index in [1.807, 2.05) is 0 Å². The number of rotatable bonds is 5. The minimum atomic E-state index is 0.933. The normalized spacial score (nSPS) is 11.5. The fraction of sp³-hybridized carbons (Fsp3) is 0. The second-order valence-corrected chi connectivity index (χ2v) is 14.1. The van der Waals surface area contributed by atoms with Crippen LogP contribution in [0.15, 0.2) is 152 Å². The van der Waals surface area contributed by atoms with Crippen LogP contribution in [-0.2, 0) is 0 Å². The molecule has 1 heterocycles. The first-order valence-corrected chi connectivity index (χ1v) is 18.2. The molecule has 0 N–H and O–H groups in total. The van der Waals surface area contributed by atoms with Gasteiger partial charge < -0.3 is 0 Å². The number of hydrogen-bond donors (Lipinski definition) is 0. The fourth-order valence-electron chi connectivity index (χ4n) is 8.32. The van der Waals surface area contributed by atoms with Crippen molar-refractivity contribution in [2.75, 3.05) is 0 Å². The molecule has 0 aliphatic heterocycles. The van der Waals surface area contributed by atoms with Crippen LogP contribution in [0.4, 0.5) is 0 Å². The van der Waals surface area contributed by atoms with Crippen molar-refractivity contribution in [3.05, 3.63) is 152 Å². The maximum absolute atomic E-state index is 5.22. The number of aromatic nitrogens is 2. The maximum atomic E-state index is 5.22. The van der Waals surface area contributed by atoms with Crippen molar-refractivity contribution in [2.45, 2.75) is 0 Å². The van der Waals surface area contributed by atoms with Gasteiger partial charge in [-0.05, 0) is 91.3 Å². The molecule has 0 aliphatic carbocycles. The molecule has 2 nitrogen and oxygen atoms in total. The Hall–Kier alpha value is -5.93. The summed E-state index contributed by atoms with van der Waals surface area (Å²) in [4.78, 5) is 5.22. The van der Waals surface area contributed by atoms with E-state index in [1.54, 1.807) is 0 Å². The summed E-state index contributed by atoms with van der Waals surface area (Å²) in [5, 5.41) is 5.04. The summed E-state index contributed by atoms with van der Waals surface area (Å²) < 4.78 is 2.29. The zero-order valence-corrected chi connectivity index (χ0v) is 30.3. The molecule has 0 radical (unpaired) electrons. The molecule has 0 aliphatic rings. The molecule has 0 saturated carbocycles. The highest BCUT2D eigenvalue weighted by Gasteiger charge is 2.22. The van der Waals surface area contributed by atoms with E-state index in [4.69, 9.17) is 4.98 Å². The Kier molecular flexibility index (Phi) is 7.81. The Bertz CT molecular complexity index is 2820. The van der Waals surface area contributed by atoms with Crippen molar-refractivity contribution < 1.29 is 0 Å². The molecule has 0 fully saturated rings. The lowest BCUT2D eigenvalue weighted by molar-refractivity contribution is 1.10. The van der Waals surface area contributed by atoms with E-state index in [9.17, 15) is 0 Å². The van der Waals surface area contributed by atoms with Gasteiger partial charge in [-0.3, -0.25) is 4.57 Å². The topological polar surface area (TPSA) is 17.8 Å². The highest BCUT2D eigenvalue weighted by atomic mass is 15.1. The smallest absolute Gasteiger partial charge is 0.145 e. The SMILES string of the molecule is Bc1c(B)c(B)c(-c2c3ccccc3c(-c3cccc(-c4nc5ccccc5n4-c4ccccc4)c3)c3ccc(-c4ccccc4)cc23)c(B)c1B. The first kappa shape index (κ1) is 32.0. The summed E-state index contributed by atoms with van der Waals surface area (Å²) in [6.45, 7) is 0. The molecule has 8 aromatic carbocycles. The molecule has 0 unspecified atom stereocenters. The van der Waals surface area contributed by atoms with Crippen LogP contribution in [0.3, 0.4) is 0 Å². The van der Waals surface area contributed by atoms with Gasteiger partial charge in [0.05, 0.1) is 11.0 Å². The van der Waals surface area contributed by atoms with Crippen LogP contribution in [0.1, 0.15) is 0 Å². The second kappa shape index (κ2) is 12.7. The van der Waals surface area contributed by atoms with E-state index in [0.29, 0.717) is 0 Å². The van der Waals surface area contributed by atoms with Gasteiger partial charge in [-0.15, -0.1) is 16.4 Å². The van der Waals surface area contributed by atoms with E-state index < -0.39 is 0 Å². The van der Waals surface area contributed by atoms with Gasteiger partial charge in [0, 0.05) is 11.3 Å². The standard InChI is InChI=1S/C45H35B5N2/c46-40-39(41(47)43(49)44(50)42(40)48)38-32-19-8-7-18-31(32)37(33-23-22-27(25-34(33)38)26-12-3-1-4-13-26)28-14-11-15-29(24-28)45-51-35-20-9-10-21-36(35)52(45)30-16-5-2-6-17-30/h1-25H,46-50H2. The van der Waals surface area contributed by atoms with Gasteiger partial charge >= 0.3 is 0 Å². The summed E-state index contributed by atoms with van der Waals surface area (Å²) in [6.07, 6.45) is 0. The van der Waals surface area contributed by atoms with Crippen LogP contribution in [0.5, 0.6) is 0 Å². The molecule has 1 aromatic heterocycles. The van der Waals surface area contributed by atoms with Gasteiger partial charge in [0.2, 0.25) is 0 Å². The van der Waals surface area contributed by atoms with E-state index in [2.05, 4.69) is 195 Å². The average molecular weight is 658 g/mol. The minimum absolute atomic E-state index is 0.933. The van der Waals surface area contributed by atoms with E-state index in [0.717, 1.165) is 28.1 Å². The van der Waals surface area contributed by atoms with Crippen molar-refractivity contribution in [1.82, 2.24) is 9.55 Å². The number of fused-ring (bicyclic) bond motifs is 3. The molecular weight excluding hydrogens is 623 g/mol. The molecule has 0 atom stereocenters. The van der Waals surface area contributed by atoms with Crippen LogP contribution < -0.4 is 27.3 Å². The number of nitrogens with zero attached hydrogens (tertiary/aromatic N) is 2. The van der Waals surface area contributed by atoms with Gasteiger partial charge in [0.25, 0.3) is 0 Å². The largest absolute Gasteiger partial charge is 0.292 e. The van der Waals surface area contributed by atoms with Crippen LogP contribution in [-0.4, -0.2) is 48.8 Å². The molecule has 9 rings (SSSR count). The molecule has 0 amide bonds. The van der Waals surface area contributed by atoms with Crippen molar-refractivity contribution >= 4 is 99.1 Å². The third kappa shape index (κ3) is 5.06. The quantitative estimate of drug-likeness (QED) is 0.205. The molecule has 7 heteroatoms. The van der Waals surface area contributed by atoms with E-state index >= 15 is 0 Å². The Morgan fingerprint density at radius 3 is 1.65 bits per heavy atom. The molecule has 9 aromatic rings. The third-order valence-electron chi connectivity index (χ3n) is 11.4. The molecule has 240 valence electrons. The van der Waals surface area contributed by atoms with Crippen molar-refractivity contribution in [3.63, 3.8) is 0 Å². The Balaban J connectivity index is 1.37. The lowest BCUT2D eigenvalue weighted by Crippen LogP contribution is -2.55. The van der Waals surface area contributed by atoms with Crippen LogP contribution in [0, 0.1) is 0 Å². The highest BCUT2D eigenvalue weighted by molar-refractivity contribution is 6.69. The fourth-order valence-corrected chi connectivity index (χ4v) is 8.32. The summed E-state index contributed by atoms with van der Waals surface area (Å²) >= 11 is 0. The monoisotopic (exact) mass is 658 g/mol. The summed E-state index contributed by atoms with van der Waals surface area (Å²) in [5.74, 6) is 0.933. The van der Waals surface area contributed by atoms with Crippen LogP contribution in [0.2, 0.25) is 0 Å². The Morgan fingerprint density at radius 2 is 0.923 bits per heavy atom. The number of imidazole rings is 1. The lowest BCUT2D eigenvalue weighted by atomic mass is 9.59. The van der Waals surface area contributed by atoms with Gasteiger partial charge in [0.1, 0.15) is 45.1 Å². The number of hydrogen-bond acceptors (Lipinski definition) is 1. The van der Waals surface area contributed by atoms with Gasteiger partial charge in [0.15, 0.2) is 0 Å². The summed E-state index contributed by atoms with van der Waals surface area (Å²) in [7, 11) is 11.4. The first-order valence-electron chi connectivity index (χ1n) is 18.2. The number of benzene rings is 8. The predicted molar refractivity (Wildman–Crippen MR) is 239 cm³/mol. The lowest BCUT2D eigenvalue weighted by Gasteiger charge is -2.25. The molecule has 0 bridgehead atoms. The summed E-state index contributed by atoms with van der Waals surface area (Å²) in [5.41, 5.74) is 18.6. The van der Waals surface area contributed by atoms with E-state index in [-0.39, 0.29) is 0 Å².